The smallest absolute Gasteiger partial charge is 0.0756 e. The van der Waals surface area contributed by atoms with Gasteiger partial charge >= 0.3 is 0 Å². The molecule has 0 aromatic heterocycles. The van der Waals surface area contributed by atoms with Crippen LogP contribution in [0.2, 0.25) is 0 Å². The van der Waals surface area contributed by atoms with Gasteiger partial charge in [0.15, 0.2) is 0 Å². The maximum absolute atomic E-state index is 5.97. The SMILES string of the molecule is C=C(C)CCC(NCCC)C(OCC)C1CC1. The molecule has 2 atom stereocenters. The number of hydrogen-bond donors (Lipinski definition) is 1. The average molecular weight is 239 g/mol. The van der Waals surface area contributed by atoms with Crippen LogP contribution in [0.15, 0.2) is 12.2 Å². The second-order valence-corrected chi connectivity index (χ2v) is 5.31. The first-order chi connectivity index (χ1) is 8.19. The Morgan fingerprint density at radius 3 is 2.59 bits per heavy atom. The van der Waals surface area contributed by atoms with Crippen molar-refractivity contribution >= 4 is 0 Å². The molecule has 2 nitrogen and oxygen atoms in total. The van der Waals surface area contributed by atoms with Crippen molar-refractivity contribution in [3.8, 4) is 0 Å². The topological polar surface area (TPSA) is 21.3 Å². The van der Waals surface area contributed by atoms with Gasteiger partial charge in [0, 0.05) is 12.6 Å². The average Bonchev–Trinajstić information content (AvgIpc) is 3.10. The molecule has 1 aliphatic carbocycles. The summed E-state index contributed by atoms with van der Waals surface area (Å²) < 4.78 is 5.97. The van der Waals surface area contributed by atoms with Crippen LogP contribution >= 0.6 is 0 Å². The lowest BCUT2D eigenvalue weighted by Crippen LogP contribution is -2.43. The van der Waals surface area contributed by atoms with Crippen LogP contribution in [0.25, 0.3) is 0 Å². The van der Waals surface area contributed by atoms with Gasteiger partial charge in [0.25, 0.3) is 0 Å². The van der Waals surface area contributed by atoms with E-state index >= 15 is 0 Å². The molecule has 0 saturated heterocycles. The predicted octanol–water partition coefficient (Wildman–Crippen LogP) is 3.53. The molecule has 1 N–H and O–H groups in total. The molecule has 1 aliphatic rings. The van der Waals surface area contributed by atoms with Gasteiger partial charge in [0.05, 0.1) is 6.10 Å². The van der Waals surface area contributed by atoms with E-state index in [1.165, 1.54) is 24.8 Å². The molecule has 0 aromatic rings. The second-order valence-electron chi connectivity index (χ2n) is 5.31. The van der Waals surface area contributed by atoms with Crippen LogP contribution in [0.1, 0.15) is 52.9 Å². The van der Waals surface area contributed by atoms with Crippen LogP contribution in [0.4, 0.5) is 0 Å². The van der Waals surface area contributed by atoms with Gasteiger partial charge in [-0.2, -0.15) is 0 Å². The Morgan fingerprint density at radius 1 is 1.41 bits per heavy atom. The monoisotopic (exact) mass is 239 g/mol. The molecule has 0 aromatic carbocycles. The van der Waals surface area contributed by atoms with Crippen molar-refractivity contribution in [2.75, 3.05) is 13.2 Å². The second kappa shape index (κ2) is 7.88. The van der Waals surface area contributed by atoms with Crippen molar-refractivity contribution in [1.29, 1.82) is 0 Å². The van der Waals surface area contributed by atoms with Gasteiger partial charge in [-0.15, -0.1) is 6.58 Å². The van der Waals surface area contributed by atoms with Crippen molar-refractivity contribution < 1.29 is 4.74 Å². The molecular formula is C15H29NO. The third-order valence-corrected chi connectivity index (χ3v) is 3.38. The fourth-order valence-electron chi connectivity index (χ4n) is 2.31. The molecule has 0 heterocycles. The largest absolute Gasteiger partial charge is 0.377 e. The highest BCUT2D eigenvalue weighted by Crippen LogP contribution is 2.36. The molecule has 0 bridgehead atoms. The summed E-state index contributed by atoms with van der Waals surface area (Å²) in [5.74, 6) is 0.800. The Balaban J connectivity index is 2.47. The highest BCUT2D eigenvalue weighted by atomic mass is 16.5. The molecule has 1 rings (SSSR count). The van der Waals surface area contributed by atoms with E-state index in [4.69, 9.17) is 4.74 Å². The molecule has 100 valence electrons. The summed E-state index contributed by atoms with van der Waals surface area (Å²) in [5, 5.41) is 3.66. The highest BCUT2D eigenvalue weighted by molar-refractivity contribution is 4.95. The van der Waals surface area contributed by atoms with Crippen LogP contribution in [-0.4, -0.2) is 25.3 Å². The fraction of sp³-hybridized carbons (Fsp3) is 0.867. The summed E-state index contributed by atoms with van der Waals surface area (Å²) in [6.45, 7) is 12.4. The van der Waals surface area contributed by atoms with Crippen molar-refractivity contribution in [3.05, 3.63) is 12.2 Å². The van der Waals surface area contributed by atoms with E-state index in [-0.39, 0.29) is 0 Å². The maximum atomic E-state index is 5.97. The number of nitrogens with one attached hydrogen (secondary N) is 1. The summed E-state index contributed by atoms with van der Waals surface area (Å²) in [7, 11) is 0. The summed E-state index contributed by atoms with van der Waals surface area (Å²) in [4.78, 5) is 0. The van der Waals surface area contributed by atoms with Gasteiger partial charge < -0.3 is 10.1 Å². The van der Waals surface area contributed by atoms with Crippen LogP contribution in [0.5, 0.6) is 0 Å². The minimum atomic E-state index is 0.422. The summed E-state index contributed by atoms with van der Waals surface area (Å²) in [5.41, 5.74) is 1.28. The Morgan fingerprint density at radius 2 is 2.12 bits per heavy atom. The zero-order valence-corrected chi connectivity index (χ0v) is 11.8. The van der Waals surface area contributed by atoms with E-state index in [1.807, 2.05) is 0 Å². The molecule has 0 amide bonds. The summed E-state index contributed by atoms with van der Waals surface area (Å²) >= 11 is 0. The third-order valence-electron chi connectivity index (χ3n) is 3.38. The van der Waals surface area contributed by atoms with E-state index in [0.29, 0.717) is 12.1 Å². The summed E-state index contributed by atoms with van der Waals surface area (Å²) in [6, 6.07) is 0.513. The van der Waals surface area contributed by atoms with E-state index in [9.17, 15) is 0 Å². The molecule has 1 saturated carbocycles. The van der Waals surface area contributed by atoms with Crippen molar-refractivity contribution in [2.45, 2.75) is 65.0 Å². The number of allylic oxidation sites excluding steroid dienone is 1. The lowest BCUT2D eigenvalue weighted by molar-refractivity contribution is 0.0171. The standard InChI is InChI=1S/C15H29NO/c1-5-11-16-14(10-7-12(3)4)15(17-6-2)13-8-9-13/h13-16H,3,5-11H2,1-2,4H3. The van der Waals surface area contributed by atoms with Crippen LogP contribution in [0.3, 0.4) is 0 Å². The van der Waals surface area contributed by atoms with E-state index < -0.39 is 0 Å². The van der Waals surface area contributed by atoms with Crippen LogP contribution in [0, 0.1) is 5.92 Å². The van der Waals surface area contributed by atoms with Crippen LogP contribution < -0.4 is 5.32 Å². The summed E-state index contributed by atoms with van der Waals surface area (Å²) in [6.07, 6.45) is 6.58. The predicted molar refractivity (Wildman–Crippen MR) is 74.3 cm³/mol. The van der Waals surface area contributed by atoms with Gasteiger partial charge in [-0.3, -0.25) is 0 Å². The molecule has 1 fully saturated rings. The number of ether oxygens (including phenoxy) is 1. The molecule has 2 unspecified atom stereocenters. The third kappa shape index (κ3) is 5.69. The van der Waals surface area contributed by atoms with Crippen LogP contribution in [-0.2, 0) is 4.74 Å². The molecule has 17 heavy (non-hydrogen) atoms. The van der Waals surface area contributed by atoms with Gasteiger partial charge in [-0.05, 0) is 58.4 Å². The first-order valence-corrected chi connectivity index (χ1v) is 7.18. The molecule has 0 radical (unpaired) electrons. The number of rotatable bonds is 10. The van der Waals surface area contributed by atoms with Gasteiger partial charge in [0.1, 0.15) is 0 Å². The van der Waals surface area contributed by atoms with Gasteiger partial charge in [-0.1, -0.05) is 12.5 Å². The van der Waals surface area contributed by atoms with Crippen molar-refractivity contribution in [1.82, 2.24) is 5.32 Å². The zero-order valence-electron chi connectivity index (χ0n) is 11.8. The Bertz CT molecular complexity index is 223. The molecule has 0 aliphatic heterocycles. The fourth-order valence-corrected chi connectivity index (χ4v) is 2.31. The molecular weight excluding hydrogens is 210 g/mol. The normalized spacial score (nSPS) is 19.0. The minimum Gasteiger partial charge on any atom is -0.377 e. The molecule has 0 spiro atoms. The maximum Gasteiger partial charge on any atom is 0.0756 e. The Hall–Kier alpha value is -0.340. The first-order valence-electron chi connectivity index (χ1n) is 7.18. The van der Waals surface area contributed by atoms with Gasteiger partial charge in [-0.25, -0.2) is 0 Å². The minimum absolute atomic E-state index is 0.422. The quantitative estimate of drug-likeness (QED) is 0.589. The lowest BCUT2D eigenvalue weighted by atomic mass is 9.99. The Labute approximate surface area is 107 Å². The van der Waals surface area contributed by atoms with Crippen molar-refractivity contribution in [3.63, 3.8) is 0 Å². The van der Waals surface area contributed by atoms with E-state index in [0.717, 1.165) is 31.9 Å². The number of hydrogen-bond acceptors (Lipinski definition) is 2. The zero-order chi connectivity index (χ0) is 12.7. The van der Waals surface area contributed by atoms with Gasteiger partial charge in [0.2, 0.25) is 0 Å². The van der Waals surface area contributed by atoms with E-state index in [2.05, 4.69) is 32.7 Å². The van der Waals surface area contributed by atoms with E-state index in [1.54, 1.807) is 0 Å². The highest BCUT2D eigenvalue weighted by Gasteiger charge is 2.36. The lowest BCUT2D eigenvalue weighted by Gasteiger charge is -2.28. The van der Waals surface area contributed by atoms with Crippen molar-refractivity contribution in [2.24, 2.45) is 5.92 Å². The molecule has 2 heteroatoms. The Kier molecular flexibility index (Phi) is 6.83. The first kappa shape index (κ1) is 14.7.